The lowest BCUT2D eigenvalue weighted by atomic mass is 9.96. The maximum absolute atomic E-state index is 5.50. The van der Waals surface area contributed by atoms with E-state index >= 15 is 0 Å². The largest absolute Gasteiger partial charge is 0.424 e. The van der Waals surface area contributed by atoms with Crippen LogP contribution in [0.25, 0.3) is 11.5 Å². The summed E-state index contributed by atoms with van der Waals surface area (Å²) in [7, 11) is 0. The normalized spacial score (nSPS) is 24.7. The summed E-state index contributed by atoms with van der Waals surface area (Å²) in [6.07, 6.45) is 4.76. The zero-order chi connectivity index (χ0) is 9.83. The molecule has 1 unspecified atom stereocenters. The van der Waals surface area contributed by atoms with Crippen LogP contribution < -0.4 is 10.4 Å². The summed E-state index contributed by atoms with van der Waals surface area (Å²) in [5.74, 6) is 0.496. The Morgan fingerprint density at radius 2 is 2.27 bits per heavy atom. The Bertz CT molecular complexity index is 598. The van der Waals surface area contributed by atoms with Crippen LogP contribution >= 0.6 is 0 Å². The molecule has 1 saturated heterocycles. The van der Waals surface area contributed by atoms with E-state index in [0.717, 1.165) is 17.2 Å². The van der Waals surface area contributed by atoms with Crippen LogP contribution in [0.4, 0.5) is 0 Å². The molecule has 2 heterocycles. The Labute approximate surface area is 85.8 Å². The third kappa shape index (κ3) is 0.837. The van der Waals surface area contributed by atoms with E-state index < -0.39 is 0 Å². The fourth-order valence-electron chi connectivity index (χ4n) is 2.32. The van der Waals surface area contributed by atoms with Crippen molar-refractivity contribution in [3.05, 3.63) is 46.4 Å². The molecule has 3 nitrogen and oxygen atoms in total. The lowest BCUT2D eigenvalue weighted by Crippen LogP contribution is -2.39. The quantitative estimate of drug-likeness (QED) is 0.565. The number of hydrogen-bond acceptors (Lipinski definition) is 3. The highest BCUT2D eigenvalue weighted by Gasteiger charge is 2.33. The molecule has 15 heavy (non-hydrogen) atoms. The molecule has 1 atom stereocenters. The minimum atomic E-state index is -0.384. The van der Waals surface area contributed by atoms with Gasteiger partial charge in [-0.15, -0.1) is 4.89 Å². The fraction of sp³-hybridized carbons (Fsp3) is 0.167. The van der Waals surface area contributed by atoms with Crippen molar-refractivity contribution in [2.24, 2.45) is 0 Å². The summed E-state index contributed by atoms with van der Waals surface area (Å²) >= 11 is 0. The number of rotatable bonds is 0. The molecule has 0 amide bonds. The number of hydrogen-bond donors (Lipinski definition) is 0. The number of benzene rings is 1. The van der Waals surface area contributed by atoms with Gasteiger partial charge in [0.25, 0.3) is 6.29 Å². The third-order valence-corrected chi connectivity index (χ3v) is 2.97. The van der Waals surface area contributed by atoms with E-state index in [4.69, 9.17) is 14.5 Å². The molecule has 1 aromatic carbocycles. The molecule has 3 heteroatoms. The van der Waals surface area contributed by atoms with Gasteiger partial charge in [0.05, 0.1) is 5.22 Å². The molecule has 1 fully saturated rings. The first-order chi connectivity index (χ1) is 7.43. The SMILES string of the molecule is C1=CC2=c3c(cccc3=C3OOC2O3)C1. The Hall–Kier alpha value is -1.74. The summed E-state index contributed by atoms with van der Waals surface area (Å²) < 4.78 is 5.50. The molecule has 2 aliphatic heterocycles. The van der Waals surface area contributed by atoms with Crippen LogP contribution in [0.2, 0.25) is 0 Å². The van der Waals surface area contributed by atoms with E-state index in [2.05, 4.69) is 18.2 Å². The Morgan fingerprint density at radius 3 is 3.27 bits per heavy atom. The van der Waals surface area contributed by atoms with Gasteiger partial charge in [-0.2, -0.15) is 0 Å². The molecule has 0 radical (unpaired) electrons. The van der Waals surface area contributed by atoms with Gasteiger partial charge in [0.1, 0.15) is 0 Å². The molecule has 0 spiro atoms. The summed E-state index contributed by atoms with van der Waals surface area (Å²) in [6.45, 7) is 0. The first kappa shape index (κ1) is 7.54. The van der Waals surface area contributed by atoms with Crippen LogP contribution in [-0.2, 0) is 20.9 Å². The van der Waals surface area contributed by atoms with E-state index in [1.54, 1.807) is 0 Å². The molecule has 1 aliphatic carbocycles. The predicted molar refractivity (Wildman–Crippen MR) is 52.4 cm³/mol. The van der Waals surface area contributed by atoms with Gasteiger partial charge in [0.15, 0.2) is 0 Å². The van der Waals surface area contributed by atoms with Gasteiger partial charge in [-0.25, -0.2) is 0 Å². The van der Waals surface area contributed by atoms with E-state index in [1.807, 2.05) is 12.1 Å². The highest BCUT2D eigenvalue weighted by Crippen LogP contribution is 2.27. The van der Waals surface area contributed by atoms with Crippen molar-refractivity contribution in [2.75, 3.05) is 0 Å². The van der Waals surface area contributed by atoms with E-state index in [-0.39, 0.29) is 6.29 Å². The lowest BCUT2D eigenvalue weighted by molar-refractivity contribution is -0.234. The maximum Gasteiger partial charge on any atom is 0.327 e. The van der Waals surface area contributed by atoms with E-state index in [0.29, 0.717) is 5.95 Å². The van der Waals surface area contributed by atoms with Crippen LogP contribution in [0.15, 0.2) is 30.4 Å². The first-order valence-corrected chi connectivity index (χ1v) is 4.96. The van der Waals surface area contributed by atoms with Crippen LogP contribution in [0.5, 0.6) is 0 Å². The van der Waals surface area contributed by atoms with Crippen molar-refractivity contribution in [3.8, 4) is 0 Å². The van der Waals surface area contributed by atoms with Crippen LogP contribution in [0.3, 0.4) is 0 Å². The Kier molecular flexibility index (Phi) is 1.22. The minimum absolute atomic E-state index is 0.384. The fourth-order valence-corrected chi connectivity index (χ4v) is 2.32. The second-order valence-electron chi connectivity index (χ2n) is 3.82. The monoisotopic (exact) mass is 200 g/mol. The second kappa shape index (κ2) is 2.44. The van der Waals surface area contributed by atoms with Gasteiger partial charge in [0, 0.05) is 10.8 Å². The van der Waals surface area contributed by atoms with Gasteiger partial charge in [0.2, 0.25) is 0 Å². The summed E-state index contributed by atoms with van der Waals surface area (Å²) in [6, 6.07) is 6.15. The summed E-state index contributed by atoms with van der Waals surface area (Å²) in [4.78, 5) is 10.2. The van der Waals surface area contributed by atoms with Gasteiger partial charge < -0.3 is 4.74 Å². The second-order valence-corrected chi connectivity index (χ2v) is 3.82. The summed E-state index contributed by atoms with van der Waals surface area (Å²) in [5, 5.41) is 2.23. The van der Waals surface area contributed by atoms with Gasteiger partial charge in [-0.1, -0.05) is 24.3 Å². The maximum atomic E-state index is 5.50. The average Bonchev–Trinajstić information content (AvgIpc) is 2.71. The number of fused-ring (bicyclic) bond motifs is 3. The van der Waals surface area contributed by atoms with Crippen molar-refractivity contribution >= 4 is 11.5 Å². The molecular formula is C12H8O3. The molecule has 74 valence electrons. The zero-order valence-corrected chi connectivity index (χ0v) is 7.90. The topological polar surface area (TPSA) is 27.7 Å². The van der Waals surface area contributed by atoms with Crippen LogP contribution in [0, 0.1) is 0 Å². The highest BCUT2D eigenvalue weighted by atomic mass is 17.3. The number of ether oxygens (including phenoxy) is 1. The molecule has 3 aliphatic rings. The van der Waals surface area contributed by atoms with Crippen LogP contribution in [0.1, 0.15) is 5.56 Å². The molecule has 1 aromatic rings. The minimum Gasteiger partial charge on any atom is -0.424 e. The van der Waals surface area contributed by atoms with Gasteiger partial charge in [-0.3, -0.25) is 4.89 Å². The Balaban J connectivity index is 2.30. The highest BCUT2D eigenvalue weighted by molar-refractivity contribution is 5.66. The standard InChI is InChI=1S/C12H8O3/c1-3-7-4-2-6-9-10(7)8(5-1)11-13-12(9)15-14-11/h1-3,5-6,12H,4H2. The zero-order valence-electron chi connectivity index (χ0n) is 7.90. The molecule has 0 N–H and O–H groups in total. The molecular weight excluding hydrogens is 192 g/mol. The van der Waals surface area contributed by atoms with Crippen LogP contribution in [-0.4, -0.2) is 6.29 Å². The Morgan fingerprint density at radius 1 is 1.27 bits per heavy atom. The smallest absolute Gasteiger partial charge is 0.327 e. The predicted octanol–water partition coefficient (Wildman–Crippen LogP) is 0.333. The van der Waals surface area contributed by atoms with Crippen molar-refractivity contribution < 1.29 is 14.5 Å². The van der Waals surface area contributed by atoms with E-state index in [9.17, 15) is 0 Å². The average molecular weight is 200 g/mol. The van der Waals surface area contributed by atoms with Crippen molar-refractivity contribution in [2.45, 2.75) is 12.7 Å². The number of allylic oxidation sites excluding steroid dienone is 1. The molecule has 0 saturated carbocycles. The first-order valence-electron chi connectivity index (χ1n) is 4.96. The lowest BCUT2D eigenvalue weighted by Gasteiger charge is -2.16. The van der Waals surface area contributed by atoms with Crippen molar-refractivity contribution in [1.29, 1.82) is 0 Å². The van der Waals surface area contributed by atoms with Crippen molar-refractivity contribution in [3.63, 3.8) is 0 Å². The van der Waals surface area contributed by atoms with E-state index in [1.165, 1.54) is 10.8 Å². The summed E-state index contributed by atoms with van der Waals surface area (Å²) in [5.41, 5.74) is 2.37. The van der Waals surface area contributed by atoms with Gasteiger partial charge in [-0.05, 0) is 18.1 Å². The molecule has 0 aromatic heterocycles. The van der Waals surface area contributed by atoms with Gasteiger partial charge >= 0.3 is 5.95 Å². The van der Waals surface area contributed by atoms with Crippen molar-refractivity contribution in [1.82, 2.24) is 0 Å². The third-order valence-electron chi connectivity index (χ3n) is 2.97. The molecule has 2 bridgehead atoms. The molecule has 4 rings (SSSR count).